The van der Waals surface area contributed by atoms with Crippen molar-refractivity contribution in [2.24, 2.45) is 0 Å². The third kappa shape index (κ3) is 3.77. The summed E-state index contributed by atoms with van der Waals surface area (Å²) in [7, 11) is 0. The van der Waals surface area contributed by atoms with Crippen LogP contribution >= 0.6 is 11.3 Å². The summed E-state index contributed by atoms with van der Waals surface area (Å²) in [5, 5.41) is 5.23. The van der Waals surface area contributed by atoms with Gasteiger partial charge in [-0.1, -0.05) is 30.3 Å². The van der Waals surface area contributed by atoms with Crippen LogP contribution in [0.2, 0.25) is 0 Å². The predicted octanol–water partition coefficient (Wildman–Crippen LogP) is 4.44. The van der Waals surface area contributed by atoms with E-state index in [1.807, 2.05) is 30.3 Å². The van der Waals surface area contributed by atoms with Crippen molar-refractivity contribution in [1.29, 1.82) is 0 Å². The number of anilines is 1. The summed E-state index contributed by atoms with van der Waals surface area (Å²) >= 11 is 1.39. The van der Waals surface area contributed by atoms with E-state index in [9.17, 15) is 9.59 Å². The number of carbonyl (C=O) groups excluding carboxylic acids is 2. The van der Waals surface area contributed by atoms with Gasteiger partial charge in [0, 0.05) is 17.9 Å². The Morgan fingerprint density at radius 1 is 1.14 bits per heavy atom. The van der Waals surface area contributed by atoms with Crippen LogP contribution in [0, 0.1) is 0 Å². The molecule has 8 heteroatoms. The van der Waals surface area contributed by atoms with Crippen molar-refractivity contribution in [2.45, 2.75) is 13.3 Å². The largest absolute Gasteiger partial charge is 0.458 e. The van der Waals surface area contributed by atoms with Crippen LogP contribution in [-0.2, 0) is 6.42 Å². The lowest BCUT2D eigenvalue weighted by atomic mass is 10.1. The molecule has 3 aromatic heterocycles. The van der Waals surface area contributed by atoms with Gasteiger partial charge in [-0.15, -0.1) is 11.3 Å². The lowest BCUT2D eigenvalue weighted by molar-refractivity contribution is 0.0984. The first-order chi connectivity index (χ1) is 13.6. The van der Waals surface area contributed by atoms with Crippen LogP contribution in [0.15, 0.2) is 63.1 Å². The van der Waals surface area contributed by atoms with Gasteiger partial charge >= 0.3 is 0 Å². The number of benzene rings is 1. The predicted molar refractivity (Wildman–Crippen MR) is 104 cm³/mol. The van der Waals surface area contributed by atoms with Gasteiger partial charge in [-0.25, -0.2) is 9.97 Å². The zero-order chi connectivity index (χ0) is 19.5. The second kappa shape index (κ2) is 7.61. The lowest BCUT2D eigenvalue weighted by Gasteiger charge is -2.01. The van der Waals surface area contributed by atoms with Crippen molar-refractivity contribution in [1.82, 2.24) is 9.97 Å². The number of nitrogens with zero attached hydrogens (tertiary/aromatic N) is 2. The van der Waals surface area contributed by atoms with Gasteiger partial charge in [0.1, 0.15) is 16.6 Å². The van der Waals surface area contributed by atoms with Crippen molar-refractivity contribution in [3.8, 4) is 11.3 Å². The van der Waals surface area contributed by atoms with Gasteiger partial charge in [0.05, 0.1) is 6.42 Å². The maximum atomic E-state index is 12.6. The number of furan rings is 1. The van der Waals surface area contributed by atoms with Crippen molar-refractivity contribution in [3.05, 3.63) is 76.5 Å². The fraction of sp³-hybridized carbons (Fsp3) is 0.100. The summed E-state index contributed by atoms with van der Waals surface area (Å²) in [5.41, 5.74) is 0.959. The molecule has 0 unspecified atom stereocenters. The van der Waals surface area contributed by atoms with Crippen LogP contribution in [0.4, 0.5) is 5.82 Å². The fourth-order valence-corrected chi connectivity index (χ4v) is 3.37. The first kappa shape index (κ1) is 17.9. The summed E-state index contributed by atoms with van der Waals surface area (Å²) in [5.74, 6) is 1.26. The third-order valence-electron chi connectivity index (χ3n) is 3.95. The summed E-state index contributed by atoms with van der Waals surface area (Å²) < 4.78 is 10.9. The minimum Gasteiger partial charge on any atom is -0.458 e. The van der Waals surface area contributed by atoms with Gasteiger partial charge in [0.25, 0.3) is 5.91 Å². The molecule has 0 atom stereocenters. The highest BCUT2D eigenvalue weighted by molar-refractivity contribution is 7.10. The molecular formula is C20H15N3O4S. The van der Waals surface area contributed by atoms with E-state index < -0.39 is 5.91 Å². The van der Waals surface area contributed by atoms with Crippen molar-refractivity contribution >= 4 is 28.8 Å². The average molecular weight is 393 g/mol. The van der Waals surface area contributed by atoms with E-state index in [4.69, 9.17) is 8.83 Å². The molecule has 1 N–H and O–H groups in total. The maximum Gasteiger partial charge on any atom is 0.279 e. The van der Waals surface area contributed by atoms with E-state index in [2.05, 4.69) is 15.3 Å². The van der Waals surface area contributed by atoms with Gasteiger partial charge in [0.15, 0.2) is 29.4 Å². The monoisotopic (exact) mass is 393 g/mol. The highest BCUT2D eigenvalue weighted by atomic mass is 32.1. The zero-order valence-electron chi connectivity index (χ0n) is 14.8. The Hall–Kier alpha value is -3.52. The topological polar surface area (TPSA) is 98.2 Å². The van der Waals surface area contributed by atoms with Crippen LogP contribution in [0.3, 0.4) is 0 Å². The van der Waals surface area contributed by atoms with Crippen molar-refractivity contribution in [3.63, 3.8) is 0 Å². The van der Waals surface area contributed by atoms with Gasteiger partial charge < -0.3 is 14.2 Å². The number of hydrogen-bond donors (Lipinski definition) is 1. The molecule has 1 amide bonds. The van der Waals surface area contributed by atoms with E-state index in [0.717, 1.165) is 10.6 Å². The SMILES string of the molecule is CC(=O)c1ccc(Cc2nc(NC(=O)c3ncoc3-c3ccccc3)cs2)o1. The summed E-state index contributed by atoms with van der Waals surface area (Å²) in [6, 6.07) is 12.7. The Kier molecular flexibility index (Phi) is 4.86. The number of ketones is 1. The minimum absolute atomic E-state index is 0.125. The normalized spacial score (nSPS) is 10.8. The van der Waals surface area contributed by atoms with Crippen molar-refractivity contribution < 1.29 is 18.4 Å². The number of Topliss-reactive ketones (excluding diaryl/α,β-unsaturated/α-hetero) is 1. The minimum atomic E-state index is -0.402. The van der Waals surface area contributed by atoms with Gasteiger partial charge in [-0.3, -0.25) is 9.59 Å². The first-order valence-corrected chi connectivity index (χ1v) is 9.32. The molecule has 1 aromatic carbocycles. The first-order valence-electron chi connectivity index (χ1n) is 8.44. The van der Waals surface area contributed by atoms with E-state index in [-0.39, 0.29) is 11.5 Å². The number of aromatic nitrogens is 2. The average Bonchev–Trinajstić information content (AvgIpc) is 3.43. The summed E-state index contributed by atoms with van der Waals surface area (Å²) in [4.78, 5) is 32.3. The number of oxazole rings is 1. The van der Waals surface area contributed by atoms with E-state index >= 15 is 0 Å². The number of carbonyl (C=O) groups is 2. The summed E-state index contributed by atoms with van der Waals surface area (Å²) in [6.07, 6.45) is 1.68. The molecule has 0 bridgehead atoms. The molecular weight excluding hydrogens is 378 g/mol. The standard InChI is InChI=1S/C20H15N3O4S/c1-12(24)15-8-7-14(27-15)9-17-22-16(10-28-17)23-20(25)18-19(26-11-21-18)13-5-3-2-4-6-13/h2-8,10-11H,9H2,1H3,(H,23,25). The number of nitrogens with one attached hydrogen (secondary N) is 1. The molecule has 140 valence electrons. The van der Waals surface area contributed by atoms with Gasteiger partial charge in [0.2, 0.25) is 0 Å². The Labute approximate surface area is 164 Å². The quantitative estimate of drug-likeness (QED) is 0.486. The molecule has 7 nitrogen and oxygen atoms in total. The number of rotatable bonds is 6. The Balaban J connectivity index is 1.46. The van der Waals surface area contributed by atoms with Crippen LogP contribution in [0.25, 0.3) is 11.3 Å². The molecule has 28 heavy (non-hydrogen) atoms. The second-order valence-electron chi connectivity index (χ2n) is 5.98. The van der Waals surface area contributed by atoms with Crippen molar-refractivity contribution in [2.75, 3.05) is 5.32 Å². The molecule has 0 saturated carbocycles. The Bertz CT molecular complexity index is 1130. The molecule has 0 radical (unpaired) electrons. The number of hydrogen-bond acceptors (Lipinski definition) is 7. The molecule has 0 spiro atoms. The number of thiazole rings is 1. The maximum absolute atomic E-state index is 12.6. The molecule has 0 saturated heterocycles. The lowest BCUT2D eigenvalue weighted by Crippen LogP contribution is -2.13. The van der Waals surface area contributed by atoms with Crippen LogP contribution in [-0.4, -0.2) is 21.7 Å². The smallest absolute Gasteiger partial charge is 0.279 e. The Morgan fingerprint density at radius 3 is 2.71 bits per heavy atom. The fourth-order valence-electron chi connectivity index (χ4n) is 2.64. The van der Waals surface area contributed by atoms with E-state index in [1.54, 1.807) is 17.5 Å². The van der Waals surface area contributed by atoms with Crippen LogP contribution in [0.1, 0.15) is 38.7 Å². The van der Waals surface area contributed by atoms with E-state index in [1.165, 1.54) is 24.7 Å². The Morgan fingerprint density at radius 2 is 1.96 bits per heavy atom. The molecule has 0 aliphatic heterocycles. The molecule has 0 aliphatic rings. The summed E-state index contributed by atoms with van der Waals surface area (Å²) in [6.45, 7) is 1.45. The molecule has 4 rings (SSSR count). The van der Waals surface area contributed by atoms with Gasteiger partial charge in [-0.2, -0.15) is 0 Å². The molecule has 0 fully saturated rings. The van der Waals surface area contributed by atoms with Crippen LogP contribution in [0.5, 0.6) is 0 Å². The highest BCUT2D eigenvalue weighted by Crippen LogP contribution is 2.24. The zero-order valence-corrected chi connectivity index (χ0v) is 15.7. The molecule has 0 aliphatic carbocycles. The molecule has 3 heterocycles. The van der Waals surface area contributed by atoms with Crippen LogP contribution < -0.4 is 5.32 Å². The highest BCUT2D eigenvalue weighted by Gasteiger charge is 2.19. The molecule has 4 aromatic rings. The third-order valence-corrected chi connectivity index (χ3v) is 4.79. The number of amides is 1. The second-order valence-corrected chi connectivity index (χ2v) is 6.92. The van der Waals surface area contributed by atoms with E-state index in [0.29, 0.717) is 29.5 Å². The van der Waals surface area contributed by atoms with Gasteiger partial charge in [-0.05, 0) is 12.1 Å².